The van der Waals surface area contributed by atoms with E-state index < -0.39 is 21.3 Å². The molecule has 2 rings (SSSR count). The molecule has 0 aromatic heterocycles. The van der Waals surface area contributed by atoms with Gasteiger partial charge in [-0.2, -0.15) is 0 Å². The first-order valence-corrected chi connectivity index (χ1v) is 9.85. The van der Waals surface area contributed by atoms with E-state index in [0.717, 1.165) is 0 Å². The second-order valence-electron chi connectivity index (χ2n) is 4.66. The third-order valence-electron chi connectivity index (χ3n) is 3.30. The largest absolute Gasteiger partial charge is 0.147 e. The summed E-state index contributed by atoms with van der Waals surface area (Å²) >= 11 is -1.60. The molecule has 18 heavy (non-hydrogen) atoms. The van der Waals surface area contributed by atoms with E-state index in [1.54, 1.807) is 12.1 Å². The van der Waals surface area contributed by atoms with Gasteiger partial charge >= 0.3 is 107 Å². The first kappa shape index (κ1) is 18.3. The van der Waals surface area contributed by atoms with Crippen molar-refractivity contribution in [3.63, 3.8) is 0 Å². The standard InChI is InChI=1S/C7H9.C5H5.C3H6.2ClH.Zr/c1-2-7-5-3-4-6-7;1-2-4-5-3-1;1-3-2;;;/h3,5H,2,4H2,1H3;1-3H,4H2;1-2H3;2*1H;. The average molecular weight is 364 g/mol. The van der Waals surface area contributed by atoms with Crippen molar-refractivity contribution in [2.24, 2.45) is 0 Å². The van der Waals surface area contributed by atoms with Crippen LogP contribution in [0.1, 0.15) is 40.0 Å². The molecule has 0 heterocycles. The Morgan fingerprint density at radius 2 is 1.89 bits per heavy atom. The fourth-order valence-electron chi connectivity index (χ4n) is 2.59. The fourth-order valence-corrected chi connectivity index (χ4v) is 10.3. The van der Waals surface area contributed by atoms with E-state index in [4.69, 9.17) is 0 Å². The minimum absolute atomic E-state index is 0. The van der Waals surface area contributed by atoms with E-state index in [-0.39, 0.29) is 24.8 Å². The quantitative estimate of drug-likeness (QED) is 0.651. The Morgan fingerprint density at radius 1 is 1.17 bits per heavy atom. The Labute approximate surface area is 131 Å². The van der Waals surface area contributed by atoms with E-state index in [1.807, 2.05) is 3.28 Å². The van der Waals surface area contributed by atoms with Gasteiger partial charge in [-0.1, -0.05) is 0 Å². The molecule has 0 N–H and O–H groups in total. The van der Waals surface area contributed by atoms with Crippen LogP contribution in [0.25, 0.3) is 0 Å². The second kappa shape index (κ2) is 8.46. The van der Waals surface area contributed by atoms with Gasteiger partial charge in [-0.15, -0.1) is 24.8 Å². The number of rotatable bonds is 3. The van der Waals surface area contributed by atoms with E-state index in [9.17, 15) is 0 Å². The molecule has 0 atom stereocenters. The summed E-state index contributed by atoms with van der Waals surface area (Å²) in [7, 11) is 0. The van der Waals surface area contributed by atoms with Crippen LogP contribution in [0.15, 0.2) is 42.5 Å². The molecular weight excluding hydrogens is 342 g/mol. The molecule has 0 fully saturated rings. The summed E-state index contributed by atoms with van der Waals surface area (Å²) in [5.74, 6) is 0. The van der Waals surface area contributed by atoms with Crippen LogP contribution in [-0.4, -0.2) is 3.21 Å². The molecule has 0 amide bonds. The topological polar surface area (TPSA) is 0 Å². The summed E-state index contributed by atoms with van der Waals surface area (Å²) < 4.78 is 5.33. The molecule has 2 aliphatic rings. The smallest absolute Gasteiger partial charge is 0.147 e. The monoisotopic (exact) mass is 362 g/mol. The molecule has 0 aliphatic heterocycles. The van der Waals surface area contributed by atoms with Crippen LogP contribution >= 0.6 is 24.8 Å². The van der Waals surface area contributed by atoms with Crippen molar-refractivity contribution in [3.8, 4) is 0 Å². The third kappa shape index (κ3) is 3.89. The summed E-state index contributed by atoms with van der Waals surface area (Å²) in [5.41, 5.74) is 1.64. The summed E-state index contributed by atoms with van der Waals surface area (Å²) in [5, 5.41) is 0. The number of hydrogen-bond acceptors (Lipinski definition) is 0. The van der Waals surface area contributed by atoms with Crippen molar-refractivity contribution in [1.29, 1.82) is 0 Å². The Kier molecular flexibility index (Phi) is 8.60. The maximum absolute atomic E-state index is 2.39. The zero-order valence-corrected chi connectivity index (χ0v) is 15.4. The van der Waals surface area contributed by atoms with Gasteiger partial charge in [0.15, 0.2) is 0 Å². The normalized spacial score (nSPS) is 16.3. The van der Waals surface area contributed by atoms with Crippen molar-refractivity contribution < 1.29 is 21.3 Å². The van der Waals surface area contributed by atoms with Crippen molar-refractivity contribution in [1.82, 2.24) is 0 Å². The molecule has 0 aromatic rings. The Morgan fingerprint density at radius 3 is 2.39 bits per heavy atom. The maximum Gasteiger partial charge on any atom is -0.147 e. The molecule has 100 valence electrons. The van der Waals surface area contributed by atoms with Crippen LogP contribution in [0.2, 0.25) is 0 Å². The SMILES string of the molecule is CCC1=[C]([Zr]([C]2=CC=CC2)=[C](C)C)CC=C1.Cl.Cl. The van der Waals surface area contributed by atoms with E-state index >= 15 is 0 Å². The molecule has 0 radical (unpaired) electrons. The van der Waals surface area contributed by atoms with Crippen LogP contribution in [0.3, 0.4) is 0 Å². The molecule has 0 saturated carbocycles. The van der Waals surface area contributed by atoms with Gasteiger partial charge in [-0.25, -0.2) is 0 Å². The van der Waals surface area contributed by atoms with Crippen molar-refractivity contribution in [2.45, 2.75) is 40.0 Å². The molecule has 2 aliphatic carbocycles. The predicted octanol–water partition coefficient (Wildman–Crippen LogP) is 5.13. The zero-order chi connectivity index (χ0) is 11.5. The van der Waals surface area contributed by atoms with Gasteiger partial charge in [0, 0.05) is 0 Å². The van der Waals surface area contributed by atoms with E-state index in [0.29, 0.717) is 0 Å². The number of halogens is 2. The van der Waals surface area contributed by atoms with E-state index in [1.165, 1.54) is 19.3 Å². The first-order valence-electron chi connectivity index (χ1n) is 6.16. The van der Waals surface area contributed by atoms with Gasteiger partial charge in [0.2, 0.25) is 0 Å². The van der Waals surface area contributed by atoms with Crippen LogP contribution in [0.4, 0.5) is 0 Å². The summed E-state index contributed by atoms with van der Waals surface area (Å²) in [4.78, 5) is 0. The molecule has 0 saturated heterocycles. The van der Waals surface area contributed by atoms with E-state index in [2.05, 4.69) is 51.2 Å². The second-order valence-corrected chi connectivity index (χ2v) is 12.0. The van der Waals surface area contributed by atoms with Crippen molar-refractivity contribution >= 4 is 28.0 Å². The summed E-state index contributed by atoms with van der Waals surface area (Å²) in [6.45, 7) is 7.00. The minimum Gasteiger partial charge on any atom is -0.147 e. The Balaban J connectivity index is 0.00000144. The molecule has 3 heteroatoms. The predicted molar refractivity (Wildman–Crippen MR) is 83.8 cm³/mol. The fraction of sp³-hybridized carbons (Fsp3) is 0.400. The summed E-state index contributed by atoms with van der Waals surface area (Å²) in [6.07, 6.45) is 15.3. The summed E-state index contributed by atoms with van der Waals surface area (Å²) in [6, 6.07) is 0. The molecule has 0 nitrogen and oxygen atoms in total. The van der Waals surface area contributed by atoms with Gasteiger partial charge in [-0.05, 0) is 0 Å². The molecular formula is C15H22Cl2Zr. The van der Waals surface area contributed by atoms with Crippen molar-refractivity contribution in [2.75, 3.05) is 0 Å². The molecule has 0 spiro atoms. The van der Waals surface area contributed by atoms with Gasteiger partial charge in [0.1, 0.15) is 0 Å². The number of hydrogen-bond donors (Lipinski definition) is 0. The first-order chi connectivity index (χ1) is 7.74. The van der Waals surface area contributed by atoms with Crippen LogP contribution in [-0.2, 0) is 21.3 Å². The van der Waals surface area contributed by atoms with Gasteiger partial charge < -0.3 is 0 Å². The molecule has 0 unspecified atom stereocenters. The van der Waals surface area contributed by atoms with Crippen LogP contribution in [0.5, 0.6) is 0 Å². The van der Waals surface area contributed by atoms with Gasteiger partial charge in [0.25, 0.3) is 0 Å². The van der Waals surface area contributed by atoms with Crippen LogP contribution < -0.4 is 0 Å². The Hall–Kier alpha value is 0.293. The molecule has 0 aromatic carbocycles. The average Bonchev–Trinajstić information content (AvgIpc) is 2.88. The van der Waals surface area contributed by atoms with Crippen molar-refractivity contribution in [3.05, 3.63) is 42.5 Å². The maximum atomic E-state index is 2.39. The van der Waals surface area contributed by atoms with Gasteiger partial charge in [0.05, 0.1) is 0 Å². The minimum atomic E-state index is -1.60. The zero-order valence-electron chi connectivity index (χ0n) is 11.3. The number of allylic oxidation sites excluding steroid dienone is 8. The van der Waals surface area contributed by atoms with Crippen LogP contribution in [0, 0.1) is 0 Å². The van der Waals surface area contributed by atoms with Gasteiger partial charge in [-0.3, -0.25) is 0 Å². The molecule has 0 bridgehead atoms. The Bertz CT molecular complexity index is 447. The third-order valence-corrected chi connectivity index (χ3v) is 11.0.